The van der Waals surface area contributed by atoms with Crippen LogP contribution < -0.4 is 10.2 Å². The number of hydrogen-bond donors (Lipinski definition) is 1. The van der Waals surface area contributed by atoms with Gasteiger partial charge in [0.2, 0.25) is 10.0 Å². The Morgan fingerprint density at radius 3 is 2.52 bits per heavy atom. The molecule has 168 valence electrons. The van der Waals surface area contributed by atoms with E-state index in [0.717, 1.165) is 30.8 Å². The number of carbonyl (C=O) groups is 1. The lowest BCUT2D eigenvalue weighted by Gasteiger charge is -2.26. The Bertz CT molecular complexity index is 974. The summed E-state index contributed by atoms with van der Waals surface area (Å²) in [5.41, 5.74) is 2.30. The van der Waals surface area contributed by atoms with E-state index in [2.05, 4.69) is 29.3 Å². The third kappa shape index (κ3) is 5.84. The number of rotatable bonds is 9. The fourth-order valence-electron chi connectivity index (χ4n) is 3.62. The minimum atomic E-state index is -3.64. The van der Waals surface area contributed by atoms with Crippen molar-refractivity contribution in [2.75, 3.05) is 50.8 Å². The van der Waals surface area contributed by atoms with E-state index in [1.165, 1.54) is 10.4 Å². The van der Waals surface area contributed by atoms with Gasteiger partial charge >= 0.3 is 0 Å². The van der Waals surface area contributed by atoms with Crippen LogP contribution in [0.4, 0.5) is 5.69 Å². The van der Waals surface area contributed by atoms with E-state index in [1.807, 2.05) is 25.1 Å². The summed E-state index contributed by atoms with van der Waals surface area (Å²) in [7, 11) is -3.64. The quantitative estimate of drug-likeness (QED) is 0.601. The molecule has 8 heteroatoms. The van der Waals surface area contributed by atoms with Gasteiger partial charge in [0.05, 0.1) is 18.1 Å². The minimum Gasteiger partial charge on any atom is -0.379 e. The molecule has 2 aromatic carbocycles. The summed E-state index contributed by atoms with van der Waals surface area (Å²) in [6, 6.07) is 14.9. The molecular formula is C23H31N3O4S. The highest BCUT2D eigenvalue weighted by atomic mass is 32.2. The van der Waals surface area contributed by atoms with Crippen LogP contribution in [0.3, 0.4) is 0 Å². The smallest absolute Gasteiger partial charge is 0.251 e. The van der Waals surface area contributed by atoms with Gasteiger partial charge in [0.1, 0.15) is 0 Å². The van der Waals surface area contributed by atoms with Crippen molar-refractivity contribution in [2.45, 2.75) is 25.2 Å². The number of aryl methyl sites for hydroxylation is 1. The first kappa shape index (κ1) is 23.2. The van der Waals surface area contributed by atoms with Gasteiger partial charge in [0, 0.05) is 44.0 Å². The average molecular weight is 446 g/mol. The summed E-state index contributed by atoms with van der Waals surface area (Å²) in [5.74, 6) is -0.251. The number of ether oxygens (including phenoxy) is 1. The summed E-state index contributed by atoms with van der Waals surface area (Å²) >= 11 is 0. The first-order chi connectivity index (χ1) is 14.9. The molecular weight excluding hydrogens is 414 g/mol. The summed E-state index contributed by atoms with van der Waals surface area (Å²) in [5, 5.41) is 2.93. The van der Waals surface area contributed by atoms with Crippen LogP contribution in [-0.2, 0) is 14.8 Å². The van der Waals surface area contributed by atoms with Crippen molar-refractivity contribution in [3.63, 3.8) is 0 Å². The van der Waals surface area contributed by atoms with E-state index in [1.54, 1.807) is 12.1 Å². The predicted molar refractivity (Wildman–Crippen MR) is 122 cm³/mol. The van der Waals surface area contributed by atoms with Crippen LogP contribution in [0.15, 0.2) is 53.4 Å². The zero-order valence-electron chi connectivity index (χ0n) is 18.2. The second-order valence-corrected chi connectivity index (χ2v) is 9.46. The van der Waals surface area contributed by atoms with E-state index in [4.69, 9.17) is 4.74 Å². The summed E-state index contributed by atoms with van der Waals surface area (Å²) in [6.07, 6.45) is 0.791. The highest BCUT2D eigenvalue weighted by Crippen LogP contribution is 2.20. The SMILES string of the molecule is CCN(CCCNC(=O)c1cc(S(=O)(=O)N2CCOCC2)ccc1C)c1ccccc1. The minimum absolute atomic E-state index is 0.145. The molecule has 0 saturated carbocycles. The third-order valence-electron chi connectivity index (χ3n) is 5.45. The molecule has 1 fully saturated rings. The Labute approximate surface area is 185 Å². The summed E-state index contributed by atoms with van der Waals surface area (Å²) < 4.78 is 32.5. The first-order valence-electron chi connectivity index (χ1n) is 10.7. The molecule has 0 atom stereocenters. The fraction of sp³-hybridized carbons (Fsp3) is 0.435. The molecule has 1 N–H and O–H groups in total. The van der Waals surface area contributed by atoms with Gasteiger partial charge in [-0.2, -0.15) is 4.31 Å². The van der Waals surface area contributed by atoms with E-state index in [0.29, 0.717) is 38.4 Å². The number of anilines is 1. The van der Waals surface area contributed by atoms with Crippen LogP contribution in [0.2, 0.25) is 0 Å². The molecule has 0 spiro atoms. The normalized spacial score (nSPS) is 14.9. The number of nitrogens with one attached hydrogen (secondary N) is 1. The van der Waals surface area contributed by atoms with Crippen LogP contribution in [0, 0.1) is 6.92 Å². The second-order valence-electron chi connectivity index (χ2n) is 7.52. The first-order valence-corrected chi connectivity index (χ1v) is 12.1. The molecule has 0 aliphatic carbocycles. The number of hydrogen-bond acceptors (Lipinski definition) is 5. The molecule has 0 bridgehead atoms. The van der Waals surface area contributed by atoms with Gasteiger partial charge in [0.15, 0.2) is 0 Å². The number of sulfonamides is 1. The second kappa shape index (κ2) is 10.7. The van der Waals surface area contributed by atoms with Crippen LogP contribution >= 0.6 is 0 Å². The highest BCUT2D eigenvalue weighted by Gasteiger charge is 2.27. The van der Waals surface area contributed by atoms with Crippen molar-refractivity contribution in [3.05, 3.63) is 59.7 Å². The van der Waals surface area contributed by atoms with Crippen LogP contribution in [0.25, 0.3) is 0 Å². The van der Waals surface area contributed by atoms with Crippen molar-refractivity contribution in [3.8, 4) is 0 Å². The number of nitrogens with zero attached hydrogens (tertiary/aromatic N) is 2. The zero-order chi connectivity index (χ0) is 22.3. The van der Waals surface area contributed by atoms with E-state index < -0.39 is 10.0 Å². The maximum Gasteiger partial charge on any atom is 0.251 e. The van der Waals surface area contributed by atoms with Crippen molar-refractivity contribution in [2.24, 2.45) is 0 Å². The lowest BCUT2D eigenvalue weighted by molar-refractivity contribution is 0.0730. The van der Waals surface area contributed by atoms with Gasteiger partial charge in [-0.15, -0.1) is 0 Å². The zero-order valence-corrected chi connectivity index (χ0v) is 19.0. The van der Waals surface area contributed by atoms with Gasteiger partial charge in [-0.25, -0.2) is 8.42 Å². The third-order valence-corrected chi connectivity index (χ3v) is 7.35. The lowest BCUT2D eigenvalue weighted by atomic mass is 10.1. The number of amides is 1. The fourth-order valence-corrected chi connectivity index (χ4v) is 5.05. The number of morpholine rings is 1. The highest BCUT2D eigenvalue weighted by molar-refractivity contribution is 7.89. The van der Waals surface area contributed by atoms with Crippen molar-refractivity contribution < 1.29 is 17.9 Å². The van der Waals surface area contributed by atoms with Gasteiger partial charge in [-0.3, -0.25) is 4.79 Å². The van der Waals surface area contributed by atoms with Crippen LogP contribution in [0.5, 0.6) is 0 Å². The molecule has 1 saturated heterocycles. The molecule has 0 radical (unpaired) electrons. The molecule has 1 heterocycles. The van der Waals surface area contributed by atoms with E-state index in [-0.39, 0.29) is 10.8 Å². The predicted octanol–water partition coefficient (Wildman–Crippen LogP) is 2.66. The summed E-state index contributed by atoms with van der Waals surface area (Å²) in [6.45, 7) is 7.57. The number of carbonyl (C=O) groups excluding carboxylic acids is 1. The van der Waals surface area contributed by atoms with Crippen molar-refractivity contribution in [1.29, 1.82) is 0 Å². The average Bonchev–Trinajstić information content (AvgIpc) is 2.80. The van der Waals surface area contributed by atoms with Crippen molar-refractivity contribution >= 4 is 21.6 Å². The van der Waals surface area contributed by atoms with E-state index >= 15 is 0 Å². The standard InChI is InChI=1S/C23H31N3O4S/c1-3-25(20-8-5-4-6-9-20)13-7-12-24-23(27)22-18-21(11-10-19(22)2)31(28,29)26-14-16-30-17-15-26/h4-6,8-11,18H,3,7,12-17H2,1-2H3,(H,24,27). The van der Waals surface area contributed by atoms with E-state index in [9.17, 15) is 13.2 Å². The van der Waals surface area contributed by atoms with Crippen LogP contribution in [0.1, 0.15) is 29.3 Å². The Hall–Kier alpha value is -2.42. The number of para-hydroxylation sites is 1. The van der Waals surface area contributed by atoms with Gasteiger partial charge in [0.25, 0.3) is 5.91 Å². The molecule has 1 amide bonds. The molecule has 0 unspecified atom stereocenters. The van der Waals surface area contributed by atoms with Crippen LogP contribution in [-0.4, -0.2) is 64.6 Å². The maximum atomic E-state index is 12.9. The Balaban J connectivity index is 1.60. The molecule has 1 aliphatic heterocycles. The van der Waals surface area contributed by atoms with Gasteiger partial charge in [-0.05, 0) is 50.1 Å². The van der Waals surface area contributed by atoms with Crippen molar-refractivity contribution in [1.82, 2.24) is 9.62 Å². The van der Waals surface area contributed by atoms with Gasteiger partial charge in [-0.1, -0.05) is 24.3 Å². The molecule has 7 nitrogen and oxygen atoms in total. The van der Waals surface area contributed by atoms with Gasteiger partial charge < -0.3 is 15.0 Å². The molecule has 2 aromatic rings. The monoisotopic (exact) mass is 445 g/mol. The molecule has 31 heavy (non-hydrogen) atoms. The molecule has 1 aliphatic rings. The number of benzene rings is 2. The Kier molecular flexibility index (Phi) is 8.06. The largest absolute Gasteiger partial charge is 0.379 e. The Morgan fingerprint density at radius 1 is 1.13 bits per heavy atom. The molecule has 0 aromatic heterocycles. The summed E-state index contributed by atoms with van der Waals surface area (Å²) in [4.78, 5) is 15.2. The molecule has 3 rings (SSSR count). The Morgan fingerprint density at radius 2 is 1.84 bits per heavy atom. The topological polar surface area (TPSA) is 79.0 Å². The lowest BCUT2D eigenvalue weighted by Crippen LogP contribution is -2.40. The maximum absolute atomic E-state index is 12.9.